The Morgan fingerprint density at radius 3 is 2.32 bits per heavy atom. The van der Waals surface area contributed by atoms with Gasteiger partial charge in [-0.25, -0.2) is 4.79 Å². The number of amides is 3. The van der Waals surface area contributed by atoms with Crippen LogP contribution in [0, 0.1) is 6.92 Å². The lowest BCUT2D eigenvalue weighted by atomic mass is 10.2. The van der Waals surface area contributed by atoms with Crippen LogP contribution in [0.4, 0.5) is 10.5 Å². The summed E-state index contributed by atoms with van der Waals surface area (Å²) in [6, 6.07) is 14.2. The van der Waals surface area contributed by atoms with Gasteiger partial charge >= 0.3 is 6.03 Å². The minimum absolute atomic E-state index is 0.204. The van der Waals surface area contributed by atoms with Crippen molar-refractivity contribution in [1.82, 2.24) is 4.90 Å². The summed E-state index contributed by atoms with van der Waals surface area (Å²) in [4.78, 5) is 27.9. The maximum Gasteiger partial charge on any atom is 0.332 e. The van der Waals surface area contributed by atoms with E-state index < -0.39 is 6.04 Å². The molecule has 130 valence electrons. The van der Waals surface area contributed by atoms with Crippen molar-refractivity contribution in [3.05, 3.63) is 58.6 Å². The van der Waals surface area contributed by atoms with Crippen LogP contribution in [0.25, 0.3) is 0 Å². The van der Waals surface area contributed by atoms with Gasteiger partial charge in [0.1, 0.15) is 18.4 Å². The summed E-state index contributed by atoms with van der Waals surface area (Å²) in [7, 11) is 0. The van der Waals surface area contributed by atoms with Crippen LogP contribution in [0.15, 0.2) is 53.0 Å². The summed E-state index contributed by atoms with van der Waals surface area (Å²) in [5, 5.41) is 0. The van der Waals surface area contributed by atoms with Gasteiger partial charge in [0.25, 0.3) is 5.91 Å². The first kappa shape index (κ1) is 17.5. The lowest BCUT2D eigenvalue weighted by Gasteiger charge is -2.19. The molecule has 0 saturated carbocycles. The van der Waals surface area contributed by atoms with Crippen LogP contribution in [-0.4, -0.2) is 36.0 Å². The Morgan fingerprint density at radius 2 is 1.68 bits per heavy atom. The molecule has 1 unspecified atom stereocenters. The Kier molecular flexibility index (Phi) is 5.08. The topological polar surface area (TPSA) is 49.9 Å². The molecule has 1 aliphatic rings. The van der Waals surface area contributed by atoms with Gasteiger partial charge in [-0.05, 0) is 50.2 Å². The molecule has 1 heterocycles. The Morgan fingerprint density at radius 1 is 1.04 bits per heavy atom. The summed E-state index contributed by atoms with van der Waals surface area (Å²) < 4.78 is 6.59. The van der Waals surface area contributed by atoms with Gasteiger partial charge in [0.05, 0.1) is 6.54 Å². The van der Waals surface area contributed by atoms with Crippen molar-refractivity contribution in [2.75, 3.05) is 18.1 Å². The predicted octanol–water partition coefficient (Wildman–Crippen LogP) is 3.99. The Balaban J connectivity index is 1.65. The monoisotopic (exact) mass is 402 g/mol. The summed E-state index contributed by atoms with van der Waals surface area (Å²) in [5.74, 6) is 0.496. The van der Waals surface area contributed by atoms with Gasteiger partial charge < -0.3 is 4.74 Å². The normalized spacial score (nSPS) is 17.3. The van der Waals surface area contributed by atoms with Gasteiger partial charge in [-0.15, -0.1) is 0 Å². The number of aryl methyl sites for hydroxylation is 1. The standard InChI is InChI=1S/C19H19BrN2O3/c1-13-3-7-16(8-4-13)22-14(2)18(23)21(19(22)24)11-12-25-17-9-5-15(20)6-10-17/h3-10,14H,11-12H2,1-2H3. The van der Waals surface area contributed by atoms with Crippen LogP contribution < -0.4 is 9.64 Å². The molecule has 0 aromatic heterocycles. The number of ether oxygens (including phenoxy) is 1. The van der Waals surface area contributed by atoms with Gasteiger partial charge in [0.15, 0.2) is 0 Å². The number of halogens is 1. The highest BCUT2D eigenvalue weighted by Gasteiger charge is 2.42. The Labute approximate surface area is 155 Å². The van der Waals surface area contributed by atoms with Gasteiger partial charge in [0, 0.05) is 10.2 Å². The molecule has 0 radical (unpaired) electrons. The van der Waals surface area contributed by atoms with E-state index in [4.69, 9.17) is 4.74 Å². The first-order valence-electron chi connectivity index (χ1n) is 8.07. The third kappa shape index (κ3) is 3.69. The largest absolute Gasteiger partial charge is 0.492 e. The zero-order valence-corrected chi connectivity index (χ0v) is 15.7. The Hall–Kier alpha value is -2.34. The van der Waals surface area contributed by atoms with Crippen LogP contribution in [0.2, 0.25) is 0 Å². The minimum atomic E-state index is -0.511. The molecular formula is C19H19BrN2O3. The van der Waals surface area contributed by atoms with Crippen LogP contribution >= 0.6 is 15.9 Å². The second-order valence-corrected chi connectivity index (χ2v) is 6.87. The van der Waals surface area contributed by atoms with E-state index in [1.807, 2.05) is 55.5 Å². The number of rotatable bonds is 5. The van der Waals surface area contributed by atoms with E-state index in [-0.39, 0.29) is 25.1 Å². The number of imide groups is 1. The third-order valence-corrected chi connectivity index (χ3v) is 4.69. The average Bonchev–Trinajstić information content (AvgIpc) is 2.81. The third-order valence-electron chi connectivity index (χ3n) is 4.16. The predicted molar refractivity (Wildman–Crippen MR) is 99.9 cm³/mol. The van der Waals surface area contributed by atoms with Crippen molar-refractivity contribution in [2.24, 2.45) is 0 Å². The molecule has 2 aromatic rings. The molecule has 0 aliphatic carbocycles. The van der Waals surface area contributed by atoms with Crippen molar-refractivity contribution in [3.63, 3.8) is 0 Å². The van der Waals surface area contributed by atoms with Crippen molar-refractivity contribution in [1.29, 1.82) is 0 Å². The summed E-state index contributed by atoms with van der Waals surface area (Å²) in [6.07, 6.45) is 0. The Bertz CT molecular complexity index is 774. The molecule has 1 saturated heterocycles. The molecule has 3 amide bonds. The molecule has 5 nitrogen and oxygen atoms in total. The van der Waals surface area contributed by atoms with E-state index in [2.05, 4.69) is 15.9 Å². The van der Waals surface area contributed by atoms with Crippen LogP contribution in [0.1, 0.15) is 12.5 Å². The molecule has 25 heavy (non-hydrogen) atoms. The van der Waals surface area contributed by atoms with Crippen LogP contribution in [-0.2, 0) is 4.79 Å². The first-order valence-corrected chi connectivity index (χ1v) is 8.86. The fourth-order valence-corrected chi connectivity index (χ4v) is 3.02. The molecular weight excluding hydrogens is 384 g/mol. The quantitative estimate of drug-likeness (QED) is 0.710. The van der Waals surface area contributed by atoms with E-state index in [0.717, 1.165) is 15.7 Å². The molecule has 0 N–H and O–H groups in total. The second kappa shape index (κ2) is 7.27. The lowest BCUT2D eigenvalue weighted by molar-refractivity contribution is -0.127. The number of carbonyl (C=O) groups is 2. The number of carbonyl (C=O) groups excluding carboxylic acids is 2. The van der Waals surface area contributed by atoms with Gasteiger partial charge in [-0.3, -0.25) is 14.6 Å². The SMILES string of the molecule is Cc1ccc(N2C(=O)N(CCOc3ccc(Br)cc3)C(=O)C2C)cc1. The molecule has 0 spiro atoms. The van der Waals surface area contributed by atoms with E-state index in [0.29, 0.717) is 5.75 Å². The van der Waals surface area contributed by atoms with Gasteiger partial charge in [-0.2, -0.15) is 0 Å². The maximum absolute atomic E-state index is 12.7. The molecule has 2 aromatic carbocycles. The number of urea groups is 1. The second-order valence-electron chi connectivity index (χ2n) is 5.96. The summed E-state index contributed by atoms with van der Waals surface area (Å²) >= 11 is 3.36. The molecule has 1 fully saturated rings. The number of nitrogens with zero attached hydrogens (tertiary/aromatic N) is 2. The van der Waals surface area contributed by atoms with E-state index in [1.165, 1.54) is 9.80 Å². The van der Waals surface area contributed by atoms with Crippen molar-refractivity contribution in [3.8, 4) is 5.75 Å². The highest BCUT2D eigenvalue weighted by molar-refractivity contribution is 9.10. The molecule has 0 bridgehead atoms. The lowest BCUT2D eigenvalue weighted by Crippen LogP contribution is -2.36. The number of hydrogen-bond donors (Lipinski definition) is 0. The summed E-state index contributed by atoms with van der Waals surface area (Å²) in [5.41, 5.74) is 1.84. The number of anilines is 1. The summed E-state index contributed by atoms with van der Waals surface area (Å²) in [6.45, 7) is 4.21. The first-order chi connectivity index (χ1) is 12.0. The van der Waals surface area contributed by atoms with Crippen LogP contribution in [0.5, 0.6) is 5.75 Å². The molecule has 3 rings (SSSR count). The zero-order chi connectivity index (χ0) is 18.0. The van der Waals surface area contributed by atoms with Crippen molar-refractivity contribution < 1.29 is 14.3 Å². The average molecular weight is 403 g/mol. The van der Waals surface area contributed by atoms with Gasteiger partial charge in [-0.1, -0.05) is 33.6 Å². The van der Waals surface area contributed by atoms with E-state index >= 15 is 0 Å². The number of hydrogen-bond acceptors (Lipinski definition) is 3. The highest BCUT2D eigenvalue weighted by atomic mass is 79.9. The highest BCUT2D eigenvalue weighted by Crippen LogP contribution is 2.26. The number of benzene rings is 2. The fourth-order valence-electron chi connectivity index (χ4n) is 2.76. The molecule has 1 atom stereocenters. The minimum Gasteiger partial charge on any atom is -0.492 e. The fraction of sp³-hybridized carbons (Fsp3) is 0.263. The van der Waals surface area contributed by atoms with Crippen LogP contribution in [0.3, 0.4) is 0 Å². The maximum atomic E-state index is 12.7. The zero-order valence-electron chi connectivity index (χ0n) is 14.1. The van der Waals surface area contributed by atoms with Gasteiger partial charge in [0.2, 0.25) is 0 Å². The molecule has 1 aliphatic heterocycles. The smallest absolute Gasteiger partial charge is 0.332 e. The molecule has 6 heteroatoms. The van der Waals surface area contributed by atoms with Crippen molar-refractivity contribution >= 4 is 33.6 Å². The van der Waals surface area contributed by atoms with Crippen molar-refractivity contribution in [2.45, 2.75) is 19.9 Å². The van der Waals surface area contributed by atoms with E-state index in [1.54, 1.807) is 6.92 Å². The van der Waals surface area contributed by atoms with E-state index in [9.17, 15) is 9.59 Å².